The summed E-state index contributed by atoms with van der Waals surface area (Å²) in [5.41, 5.74) is 7.26. The molecule has 0 fully saturated rings. The molecule has 164 valence electrons. The van der Waals surface area contributed by atoms with E-state index in [1.54, 1.807) is 7.11 Å². The van der Waals surface area contributed by atoms with Gasteiger partial charge < -0.3 is 4.74 Å². The van der Waals surface area contributed by atoms with Crippen molar-refractivity contribution in [2.24, 2.45) is 4.99 Å². The van der Waals surface area contributed by atoms with Gasteiger partial charge in [0.2, 0.25) is 0 Å². The quantitative estimate of drug-likeness (QED) is 0.457. The number of hydrogen-bond donors (Lipinski definition) is 0. The van der Waals surface area contributed by atoms with Crippen molar-refractivity contribution in [1.29, 1.82) is 0 Å². The van der Waals surface area contributed by atoms with E-state index in [9.17, 15) is 0 Å². The summed E-state index contributed by atoms with van der Waals surface area (Å²) < 4.78 is 5.90. The predicted molar refractivity (Wildman–Crippen MR) is 132 cm³/mol. The average Bonchev–Trinajstić information content (AvgIpc) is 2.63. The molecular formula is C28H41NO. The van der Waals surface area contributed by atoms with Crippen LogP contribution in [0.25, 0.3) is 0 Å². The fourth-order valence-electron chi connectivity index (χ4n) is 3.86. The van der Waals surface area contributed by atoms with Gasteiger partial charge in [0, 0.05) is 17.3 Å². The first kappa shape index (κ1) is 24.2. The molecule has 2 aromatic rings. The number of ether oxygens (including phenoxy) is 1. The predicted octanol–water partition coefficient (Wildman–Crippen LogP) is 8.29. The van der Waals surface area contributed by atoms with Crippen molar-refractivity contribution in [2.75, 3.05) is 7.11 Å². The molecule has 0 atom stereocenters. The van der Waals surface area contributed by atoms with Crippen LogP contribution in [0.1, 0.15) is 109 Å². The van der Waals surface area contributed by atoms with Crippen LogP contribution in [0.3, 0.4) is 0 Å². The van der Waals surface area contributed by atoms with Crippen LogP contribution >= 0.6 is 0 Å². The Morgan fingerprint density at radius 1 is 0.800 bits per heavy atom. The zero-order valence-electron chi connectivity index (χ0n) is 21.0. The lowest BCUT2D eigenvalue weighted by molar-refractivity contribution is 0.381. The number of methoxy groups -OCH3 is 1. The Morgan fingerprint density at radius 3 is 1.57 bits per heavy atom. The molecule has 2 rings (SSSR count). The van der Waals surface area contributed by atoms with Gasteiger partial charge in [0.15, 0.2) is 0 Å². The maximum absolute atomic E-state index is 5.90. The van der Waals surface area contributed by atoms with Crippen molar-refractivity contribution in [3.63, 3.8) is 0 Å². The Hall–Kier alpha value is -2.09. The monoisotopic (exact) mass is 407 g/mol. The number of nitrogens with zero attached hydrogens (tertiary/aromatic N) is 1. The van der Waals surface area contributed by atoms with Crippen LogP contribution in [0.15, 0.2) is 35.3 Å². The standard InChI is InChI=1S/C28H41NO/c1-18(2)21-13-12-14-22(19(3)4)25(21)29-17-20-15-23(27(5,6)7)26(30-11)24(16-20)28(8,9)10/h12-19H,1-11H3. The van der Waals surface area contributed by atoms with Crippen LogP contribution in [0, 0.1) is 0 Å². The highest BCUT2D eigenvalue weighted by Crippen LogP contribution is 2.41. The van der Waals surface area contributed by atoms with E-state index in [1.807, 2.05) is 6.21 Å². The van der Waals surface area contributed by atoms with Crippen molar-refractivity contribution in [2.45, 2.75) is 91.9 Å². The fourth-order valence-corrected chi connectivity index (χ4v) is 3.86. The molecule has 0 aliphatic rings. The van der Waals surface area contributed by atoms with Crippen LogP contribution in [-0.2, 0) is 10.8 Å². The van der Waals surface area contributed by atoms with Gasteiger partial charge >= 0.3 is 0 Å². The summed E-state index contributed by atoms with van der Waals surface area (Å²) in [6.45, 7) is 22.4. The lowest BCUT2D eigenvalue weighted by Gasteiger charge is -2.29. The minimum Gasteiger partial charge on any atom is -0.496 e. The normalized spacial score (nSPS) is 13.0. The molecule has 0 unspecified atom stereocenters. The molecule has 0 aliphatic heterocycles. The molecule has 0 amide bonds. The molecule has 30 heavy (non-hydrogen) atoms. The van der Waals surface area contributed by atoms with E-state index in [1.165, 1.54) is 22.3 Å². The first-order valence-electron chi connectivity index (χ1n) is 11.2. The second kappa shape index (κ2) is 8.96. The summed E-state index contributed by atoms with van der Waals surface area (Å²) in [7, 11) is 1.78. The third kappa shape index (κ3) is 5.33. The molecule has 2 heteroatoms. The van der Waals surface area contributed by atoms with Crippen LogP contribution in [0.5, 0.6) is 5.75 Å². The largest absolute Gasteiger partial charge is 0.496 e. The SMILES string of the molecule is COc1c(C(C)(C)C)cc(C=Nc2c(C(C)C)cccc2C(C)C)cc1C(C)(C)C. The van der Waals surface area contributed by atoms with E-state index in [-0.39, 0.29) is 10.8 Å². The third-order valence-corrected chi connectivity index (χ3v) is 5.62. The topological polar surface area (TPSA) is 21.6 Å². The molecule has 0 aromatic heterocycles. The van der Waals surface area contributed by atoms with Crippen molar-refractivity contribution in [3.8, 4) is 5.75 Å². The second-order valence-corrected chi connectivity index (χ2v) is 11.0. The van der Waals surface area contributed by atoms with Gasteiger partial charge in [-0.05, 0) is 51.5 Å². The maximum Gasteiger partial charge on any atom is 0.126 e. The number of para-hydroxylation sites is 1. The van der Waals surface area contributed by atoms with E-state index < -0.39 is 0 Å². The molecule has 2 aromatic carbocycles. The van der Waals surface area contributed by atoms with Gasteiger partial charge in [0.1, 0.15) is 5.75 Å². The number of benzene rings is 2. The molecule has 0 saturated carbocycles. The van der Waals surface area contributed by atoms with Gasteiger partial charge in [0.25, 0.3) is 0 Å². The number of aliphatic imine (C=N–C) groups is 1. The van der Waals surface area contributed by atoms with Gasteiger partial charge in [-0.3, -0.25) is 4.99 Å². The molecule has 0 spiro atoms. The van der Waals surface area contributed by atoms with Crippen molar-refractivity contribution in [3.05, 3.63) is 58.1 Å². The van der Waals surface area contributed by atoms with Gasteiger partial charge in [-0.1, -0.05) is 87.4 Å². The highest BCUT2D eigenvalue weighted by atomic mass is 16.5. The van der Waals surface area contributed by atoms with Crippen molar-refractivity contribution >= 4 is 11.9 Å². The van der Waals surface area contributed by atoms with Crippen LogP contribution in [0.2, 0.25) is 0 Å². The van der Waals surface area contributed by atoms with Crippen LogP contribution in [-0.4, -0.2) is 13.3 Å². The lowest BCUT2D eigenvalue weighted by atomic mass is 9.78. The van der Waals surface area contributed by atoms with Crippen molar-refractivity contribution < 1.29 is 4.74 Å². The minimum absolute atomic E-state index is 0.0197. The van der Waals surface area contributed by atoms with Crippen LogP contribution in [0.4, 0.5) is 5.69 Å². The maximum atomic E-state index is 5.90. The average molecular weight is 408 g/mol. The van der Waals surface area contributed by atoms with E-state index in [0.29, 0.717) is 11.8 Å². The number of hydrogen-bond acceptors (Lipinski definition) is 2. The van der Waals surface area contributed by atoms with Gasteiger partial charge in [-0.25, -0.2) is 0 Å². The molecule has 0 bridgehead atoms. The summed E-state index contributed by atoms with van der Waals surface area (Å²) in [5.74, 6) is 1.86. The Morgan fingerprint density at radius 2 is 1.23 bits per heavy atom. The van der Waals surface area contributed by atoms with E-state index >= 15 is 0 Å². The van der Waals surface area contributed by atoms with E-state index in [2.05, 4.69) is 99.6 Å². The highest BCUT2D eigenvalue weighted by molar-refractivity contribution is 5.84. The first-order valence-corrected chi connectivity index (χ1v) is 11.2. The van der Waals surface area contributed by atoms with Gasteiger partial charge in [-0.2, -0.15) is 0 Å². The van der Waals surface area contributed by atoms with Crippen LogP contribution < -0.4 is 4.74 Å². The highest BCUT2D eigenvalue weighted by Gasteiger charge is 2.27. The van der Waals surface area contributed by atoms with Gasteiger partial charge in [-0.15, -0.1) is 0 Å². The molecule has 0 saturated heterocycles. The summed E-state index contributed by atoms with van der Waals surface area (Å²) in [5, 5.41) is 0. The molecule has 0 heterocycles. The summed E-state index contributed by atoms with van der Waals surface area (Å²) in [6, 6.07) is 11.1. The number of rotatable bonds is 5. The Kier molecular flexibility index (Phi) is 7.22. The molecule has 0 N–H and O–H groups in total. The van der Waals surface area contributed by atoms with E-state index in [4.69, 9.17) is 9.73 Å². The molecule has 2 nitrogen and oxygen atoms in total. The molecule has 0 radical (unpaired) electrons. The zero-order chi connectivity index (χ0) is 22.9. The van der Waals surface area contributed by atoms with Gasteiger partial charge in [0.05, 0.1) is 12.8 Å². The Labute approximate surface area is 184 Å². The lowest BCUT2D eigenvalue weighted by Crippen LogP contribution is -2.19. The molecule has 0 aliphatic carbocycles. The minimum atomic E-state index is -0.0197. The Bertz CT molecular complexity index is 844. The molecular weight excluding hydrogens is 366 g/mol. The van der Waals surface area contributed by atoms with E-state index in [0.717, 1.165) is 17.0 Å². The summed E-state index contributed by atoms with van der Waals surface area (Å²) >= 11 is 0. The van der Waals surface area contributed by atoms with Crippen molar-refractivity contribution in [1.82, 2.24) is 0 Å². The Balaban J connectivity index is 2.72. The third-order valence-electron chi connectivity index (χ3n) is 5.62. The first-order chi connectivity index (χ1) is 13.8. The summed E-state index contributed by atoms with van der Waals surface area (Å²) in [6.07, 6.45) is 2.04. The fraction of sp³-hybridized carbons (Fsp3) is 0.536. The smallest absolute Gasteiger partial charge is 0.126 e. The second-order valence-electron chi connectivity index (χ2n) is 11.0. The zero-order valence-corrected chi connectivity index (χ0v) is 21.0. The summed E-state index contributed by atoms with van der Waals surface area (Å²) in [4.78, 5) is 5.05.